The molecule has 0 N–H and O–H groups in total. The van der Waals surface area contributed by atoms with Crippen molar-refractivity contribution in [1.82, 2.24) is 0 Å². The minimum atomic E-state index is -0.641. The SMILES string of the molecule is CN1c2ccc(F)cc2C(C)(C)C12C=Cc1ccccc1O2. The maximum absolute atomic E-state index is 13.7. The lowest BCUT2D eigenvalue weighted by molar-refractivity contribution is 0.0581. The number of hydrogen-bond acceptors (Lipinski definition) is 2. The second kappa shape index (κ2) is 4.13. The number of halogens is 1. The zero-order valence-corrected chi connectivity index (χ0v) is 12.9. The van der Waals surface area contributed by atoms with Crippen molar-refractivity contribution in [1.29, 1.82) is 0 Å². The molecule has 1 atom stereocenters. The molecular weight excluding hydrogens is 277 g/mol. The summed E-state index contributed by atoms with van der Waals surface area (Å²) in [6, 6.07) is 12.9. The molecule has 2 aliphatic rings. The van der Waals surface area contributed by atoms with Crippen molar-refractivity contribution in [2.75, 3.05) is 11.9 Å². The van der Waals surface area contributed by atoms with Crippen LogP contribution in [0, 0.1) is 5.82 Å². The van der Waals surface area contributed by atoms with Crippen LogP contribution >= 0.6 is 0 Å². The van der Waals surface area contributed by atoms with Gasteiger partial charge < -0.3 is 9.64 Å². The van der Waals surface area contributed by atoms with Gasteiger partial charge in [-0.2, -0.15) is 0 Å². The average molecular weight is 295 g/mol. The molecule has 2 nitrogen and oxygen atoms in total. The van der Waals surface area contributed by atoms with E-state index in [4.69, 9.17) is 4.74 Å². The molecule has 0 saturated heterocycles. The van der Waals surface area contributed by atoms with Gasteiger partial charge in [0.2, 0.25) is 5.72 Å². The van der Waals surface area contributed by atoms with Crippen LogP contribution in [0.1, 0.15) is 25.0 Å². The molecule has 2 aromatic rings. The van der Waals surface area contributed by atoms with Crippen molar-refractivity contribution in [3.63, 3.8) is 0 Å². The van der Waals surface area contributed by atoms with Crippen LogP contribution in [0.5, 0.6) is 5.75 Å². The van der Waals surface area contributed by atoms with Gasteiger partial charge in [-0.3, -0.25) is 0 Å². The van der Waals surface area contributed by atoms with Gasteiger partial charge in [-0.15, -0.1) is 0 Å². The molecule has 0 bridgehead atoms. The highest BCUT2D eigenvalue weighted by molar-refractivity contribution is 5.71. The Morgan fingerprint density at radius 3 is 2.68 bits per heavy atom. The predicted molar refractivity (Wildman–Crippen MR) is 86.7 cm³/mol. The topological polar surface area (TPSA) is 12.5 Å². The van der Waals surface area contributed by atoms with Gasteiger partial charge >= 0.3 is 0 Å². The number of anilines is 1. The van der Waals surface area contributed by atoms with E-state index in [1.165, 1.54) is 6.07 Å². The first-order valence-corrected chi connectivity index (χ1v) is 7.47. The maximum atomic E-state index is 13.7. The number of fused-ring (bicyclic) bond motifs is 2. The van der Waals surface area contributed by atoms with Crippen LogP contribution in [-0.4, -0.2) is 12.8 Å². The van der Waals surface area contributed by atoms with Crippen molar-refractivity contribution in [3.05, 3.63) is 65.5 Å². The highest BCUT2D eigenvalue weighted by atomic mass is 19.1. The summed E-state index contributed by atoms with van der Waals surface area (Å²) >= 11 is 0. The summed E-state index contributed by atoms with van der Waals surface area (Å²) in [5.41, 5.74) is 2.04. The van der Waals surface area contributed by atoms with Crippen LogP contribution in [0.4, 0.5) is 10.1 Å². The number of para-hydroxylation sites is 1. The maximum Gasteiger partial charge on any atom is 0.211 e. The van der Waals surface area contributed by atoms with E-state index in [0.29, 0.717) is 0 Å². The Balaban J connectivity index is 1.91. The number of rotatable bonds is 0. The van der Waals surface area contributed by atoms with E-state index in [9.17, 15) is 4.39 Å². The van der Waals surface area contributed by atoms with Gasteiger partial charge in [0.05, 0.1) is 5.41 Å². The van der Waals surface area contributed by atoms with Gasteiger partial charge in [-0.05, 0) is 55.8 Å². The lowest BCUT2D eigenvalue weighted by atomic mass is 9.76. The highest BCUT2D eigenvalue weighted by Gasteiger charge is 2.57. The average Bonchev–Trinajstić information content (AvgIpc) is 2.67. The molecule has 0 aliphatic carbocycles. The van der Waals surface area contributed by atoms with Crippen LogP contribution in [0.15, 0.2) is 48.5 Å². The van der Waals surface area contributed by atoms with E-state index in [1.807, 2.05) is 37.4 Å². The van der Waals surface area contributed by atoms with Crippen molar-refractivity contribution in [2.45, 2.75) is 25.0 Å². The van der Waals surface area contributed by atoms with E-state index in [1.54, 1.807) is 6.07 Å². The summed E-state index contributed by atoms with van der Waals surface area (Å²) in [6.07, 6.45) is 4.19. The standard InChI is InChI=1S/C19H18FNO/c1-18(2)15-12-14(20)8-9-16(15)21(3)19(18)11-10-13-6-4-5-7-17(13)22-19/h4-12H,1-3H3. The number of ether oxygens (including phenoxy) is 1. The predicted octanol–water partition coefficient (Wildman–Crippen LogP) is 4.36. The molecule has 0 saturated carbocycles. The number of nitrogens with zero attached hydrogens (tertiary/aromatic N) is 1. The Hall–Kier alpha value is -2.29. The van der Waals surface area contributed by atoms with Crippen LogP contribution in [0.2, 0.25) is 0 Å². The molecular formula is C19H18FNO. The molecule has 22 heavy (non-hydrogen) atoms. The fraction of sp³-hybridized carbons (Fsp3) is 0.263. The first kappa shape index (κ1) is 13.4. The van der Waals surface area contributed by atoms with E-state index in [2.05, 4.69) is 30.9 Å². The second-order valence-electron chi connectivity index (χ2n) is 6.52. The Morgan fingerprint density at radius 1 is 1.09 bits per heavy atom. The summed E-state index contributed by atoms with van der Waals surface area (Å²) in [7, 11) is 2.00. The first-order valence-electron chi connectivity index (χ1n) is 7.47. The summed E-state index contributed by atoms with van der Waals surface area (Å²) in [5.74, 6) is 0.649. The lowest BCUT2D eigenvalue weighted by Gasteiger charge is -2.45. The molecule has 112 valence electrons. The Kier molecular flexibility index (Phi) is 2.51. The van der Waals surface area contributed by atoms with Crippen LogP contribution < -0.4 is 9.64 Å². The van der Waals surface area contributed by atoms with Crippen molar-refractivity contribution in [2.24, 2.45) is 0 Å². The molecule has 2 heterocycles. The number of likely N-dealkylation sites (N-methyl/N-ethyl adjacent to an activating group) is 1. The van der Waals surface area contributed by atoms with Crippen LogP contribution in [0.25, 0.3) is 6.08 Å². The molecule has 1 spiro atoms. The third-order valence-corrected chi connectivity index (χ3v) is 5.06. The minimum Gasteiger partial charge on any atom is -0.463 e. The molecule has 2 aliphatic heterocycles. The molecule has 0 aromatic heterocycles. The summed E-state index contributed by atoms with van der Waals surface area (Å²) in [4.78, 5) is 2.11. The van der Waals surface area contributed by atoms with E-state index < -0.39 is 5.72 Å². The van der Waals surface area contributed by atoms with Crippen LogP contribution in [-0.2, 0) is 5.41 Å². The molecule has 0 amide bonds. The van der Waals surface area contributed by atoms with Gasteiger partial charge in [0.1, 0.15) is 11.6 Å². The van der Waals surface area contributed by atoms with E-state index >= 15 is 0 Å². The van der Waals surface area contributed by atoms with Crippen molar-refractivity contribution < 1.29 is 9.13 Å². The Bertz CT molecular complexity index is 796. The quantitative estimate of drug-likeness (QED) is 0.716. The van der Waals surface area contributed by atoms with Crippen molar-refractivity contribution >= 4 is 11.8 Å². The van der Waals surface area contributed by atoms with Gasteiger partial charge in [-0.25, -0.2) is 4.39 Å². The van der Waals surface area contributed by atoms with Gasteiger partial charge in [0, 0.05) is 18.3 Å². The van der Waals surface area contributed by atoms with Crippen LogP contribution in [0.3, 0.4) is 0 Å². The highest BCUT2D eigenvalue weighted by Crippen LogP contribution is 2.54. The van der Waals surface area contributed by atoms with Gasteiger partial charge in [0.15, 0.2) is 0 Å². The minimum absolute atomic E-state index is 0.211. The third kappa shape index (κ3) is 1.48. The largest absolute Gasteiger partial charge is 0.463 e. The van der Waals surface area contributed by atoms with E-state index in [-0.39, 0.29) is 11.2 Å². The van der Waals surface area contributed by atoms with Crippen molar-refractivity contribution in [3.8, 4) is 5.75 Å². The molecule has 0 fully saturated rings. The molecule has 3 heteroatoms. The first-order chi connectivity index (χ1) is 10.5. The zero-order chi connectivity index (χ0) is 15.5. The third-order valence-electron chi connectivity index (χ3n) is 5.06. The molecule has 2 aromatic carbocycles. The zero-order valence-electron chi connectivity index (χ0n) is 12.9. The smallest absolute Gasteiger partial charge is 0.211 e. The fourth-order valence-electron chi connectivity index (χ4n) is 3.72. The number of benzene rings is 2. The lowest BCUT2D eigenvalue weighted by Crippen LogP contribution is -2.58. The second-order valence-corrected chi connectivity index (χ2v) is 6.52. The van der Waals surface area contributed by atoms with Gasteiger partial charge in [0.25, 0.3) is 0 Å². The molecule has 4 rings (SSSR count). The number of hydrogen-bond donors (Lipinski definition) is 0. The van der Waals surface area contributed by atoms with Gasteiger partial charge in [-0.1, -0.05) is 18.2 Å². The Morgan fingerprint density at radius 2 is 1.86 bits per heavy atom. The Labute approximate surface area is 129 Å². The normalized spacial score (nSPS) is 24.1. The molecule has 0 radical (unpaired) electrons. The van der Waals surface area contributed by atoms with E-state index in [0.717, 1.165) is 22.6 Å². The fourth-order valence-corrected chi connectivity index (χ4v) is 3.72. The monoisotopic (exact) mass is 295 g/mol. The summed E-state index contributed by atoms with van der Waals surface area (Å²) in [5, 5.41) is 0. The molecule has 1 unspecified atom stereocenters. The summed E-state index contributed by atoms with van der Waals surface area (Å²) in [6.45, 7) is 4.21. The summed E-state index contributed by atoms with van der Waals surface area (Å²) < 4.78 is 20.2.